The molecule has 0 aliphatic heterocycles. The summed E-state index contributed by atoms with van der Waals surface area (Å²) in [5.74, 6) is 0. The third-order valence-electron chi connectivity index (χ3n) is 4.36. The molecule has 0 atom stereocenters. The molecule has 1 aliphatic carbocycles. The molecule has 0 spiro atoms. The summed E-state index contributed by atoms with van der Waals surface area (Å²) in [6, 6.07) is 9.24. The fourth-order valence-corrected chi connectivity index (χ4v) is 4.62. The molecule has 3 aromatic rings. The van der Waals surface area contributed by atoms with Crippen LogP contribution in [0.5, 0.6) is 0 Å². The monoisotopic (exact) mass is 351 g/mol. The molecule has 0 N–H and O–H groups in total. The minimum Gasteiger partial charge on any atom is -0.346 e. The first-order valence-corrected chi connectivity index (χ1v) is 9.73. The van der Waals surface area contributed by atoms with Gasteiger partial charge in [0.05, 0.1) is 16.1 Å². The summed E-state index contributed by atoms with van der Waals surface area (Å²) in [6.07, 6.45) is 4.51. The number of aryl methyl sites for hydroxylation is 1. The van der Waals surface area contributed by atoms with E-state index in [4.69, 9.17) is 0 Å². The number of hydrogen-bond acceptors (Lipinski definition) is 4. The number of allylic oxidation sites excluding steroid dienone is 1. The van der Waals surface area contributed by atoms with Crippen LogP contribution in [-0.2, 0) is 0 Å². The Morgan fingerprint density at radius 2 is 2.21 bits per heavy atom. The van der Waals surface area contributed by atoms with Gasteiger partial charge in [-0.3, -0.25) is 0 Å². The molecule has 1 saturated carbocycles. The van der Waals surface area contributed by atoms with Crippen LogP contribution in [-0.4, -0.2) is 9.55 Å². The van der Waals surface area contributed by atoms with E-state index in [2.05, 4.69) is 41.6 Å². The van der Waals surface area contributed by atoms with Crippen LogP contribution < -0.4 is 0 Å². The van der Waals surface area contributed by atoms with E-state index >= 15 is 0 Å². The van der Waals surface area contributed by atoms with E-state index in [0.717, 1.165) is 21.1 Å². The second-order valence-corrected chi connectivity index (χ2v) is 7.92. The fraction of sp³-hybridized carbons (Fsp3) is 0.263. The molecular formula is C19H17N3S2. The first-order chi connectivity index (χ1) is 11.7. The summed E-state index contributed by atoms with van der Waals surface area (Å²) < 4.78 is 2.40. The predicted octanol–water partition coefficient (Wildman–Crippen LogP) is 5.69. The molecule has 4 rings (SSSR count). The van der Waals surface area contributed by atoms with Crippen molar-refractivity contribution in [2.45, 2.75) is 32.7 Å². The Bertz CT molecular complexity index is 948. The Hall–Kier alpha value is -2.16. The third kappa shape index (κ3) is 2.72. The average molecular weight is 352 g/mol. The van der Waals surface area contributed by atoms with Crippen LogP contribution in [0.4, 0.5) is 0 Å². The van der Waals surface area contributed by atoms with Crippen LogP contribution in [0, 0.1) is 25.2 Å². The van der Waals surface area contributed by atoms with Crippen LogP contribution in [0.25, 0.3) is 22.2 Å². The molecule has 3 aromatic heterocycles. The SMILES string of the molecule is Cc1cc(C=C(C#N)c2nc(-c3cccs3)cs2)c(C)n1C1CC1. The van der Waals surface area contributed by atoms with Crippen LogP contribution >= 0.6 is 22.7 Å². The lowest BCUT2D eigenvalue weighted by Crippen LogP contribution is -1.98. The summed E-state index contributed by atoms with van der Waals surface area (Å²) in [6.45, 7) is 4.29. The van der Waals surface area contributed by atoms with Gasteiger partial charge in [0.2, 0.25) is 0 Å². The van der Waals surface area contributed by atoms with Crippen molar-refractivity contribution in [1.29, 1.82) is 5.26 Å². The van der Waals surface area contributed by atoms with Crippen molar-refractivity contribution < 1.29 is 0 Å². The van der Waals surface area contributed by atoms with Crippen molar-refractivity contribution >= 4 is 34.3 Å². The van der Waals surface area contributed by atoms with E-state index < -0.39 is 0 Å². The molecule has 0 aromatic carbocycles. The summed E-state index contributed by atoms with van der Waals surface area (Å²) in [4.78, 5) is 5.80. The predicted molar refractivity (Wildman–Crippen MR) is 101 cm³/mol. The summed E-state index contributed by atoms with van der Waals surface area (Å²) in [5, 5.41) is 14.5. The van der Waals surface area contributed by atoms with Gasteiger partial charge in [-0.15, -0.1) is 22.7 Å². The molecule has 1 aliphatic rings. The van der Waals surface area contributed by atoms with Crippen LogP contribution in [0.2, 0.25) is 0 Å². The Morgan fingerprint density at radius 3 is 2.88 bits per heavy atom. The van der Waals surface area contributed by atoms with Crippen LogP contribution in [0.15, 0.2) is 29.0 Å². The molecule has 3 nitrogen and oxygen atoms in total. The molecule has 0 amide bonds. The molecule has 0 saturated heterocycles. The van der Waals surface area contributed by atoms with Gasteiger partial charge in [-0.05, 0) is 55.8 Å². The van der Waals surface area contributed by atoms with Gasteiger partial charge < -0.3 is 4.57 Å². The normalized spacial score (nSPS) is 14.8. The first-order valence-electron chi connectivity index (χ1n) is 7.97. The molecular weight excluding hydrogens is 334 g/mol. The van der Waals surface area contributed by atoms with E-state index in [1.165, 1.54) is 35.6 Å². The maximum Gasteiger partial charge on any atom is 0.134 e. The highest BCUT2D eigenvalue weighted by molar-refractivity contribution is 7.14. The Labute approximate surface area is 149 Å². The quantitative estimate of drug-likeness (QED) is 0.567. The zero-order chi connectivity index (χ0) is 16.7. The molecule has 5 heteroatoms. The second-order valence-electron chi connectivity index (χ2n) is 6.11. The van der Waals surface area contributed by atoms with Gasteiger partial charge in [0.25, 0.3) is 0 Å². The van der Waals surface area contributed by atoms with E-state index in [1.807, 2.05) is 22.9 Å². The van der Waals surface area contributed by atoms with E-state index in [0.29, 0.717) is 11.6 Å². The number of nitriles is 1. The number of aromatic nitrogens is 2. The minimum absolute atomic E-state index is 0.638. The van der Waals surface area contributed by atoms with E-state index in [-0.39, 0.29) is 0 Å². The maximum absolute atomic E-state index is 9.61. The topological polar surface area (TPSA) is 41.6 Å². The highest BCUT2D eigenvalue weighted by Gasteiger charge is 2.26. The van der Waals surface area contributed by atoms with Gasteiger partial charge in [0.15, 0.2) is 0 Å². The lowest BCUT2D eigenvalue weighted by molar-refractivity contribution is 0.699. The van der Waals surface area contributed by atoms with Crippen molar-refractivity contribution in [3.63, 3.8) is 0 Å². The van der Waals surface area contributed by atoms with Gasteiger partial charge >= 0.3 is 0 Å². The number of nitrogens with zero attached hydrogens (tertiary/aromatic N) is 3. The zero-order valence-electron chi connectivity index (χ0n) is 13.6. The largest absolute Gasteiger partial charge is 0.346 e. The highest BCUT2D eigenvalue weighted by atomic mass is 32.1. The lowest BCUT2D eigenvalue weighted by Gasteiger charge is -2.06. The van der Waals surface area contributed by atoms with Gasteiger partial charge in [0, 0.05) is 22.8 Å². The summed E-state index contributed by atoms with van der Waals surface area (Å²) in [7, 11) is 0. The summed E-state index contributed by atoms with van der Waals surface area (Å²) >= 11 is 3.20. The second kappa shape index (κ2) is 6.04. The van der Waals surface area contributed by atoms with Crippen molar-refractivity contribution in [3.8, 4) is 16.6 Å². The number of rotatable bonds is 4. The van der Waals surface area contributed by atoms with E-state index in [9.17, 15) is 5.26 Å². The molecule has 0 radical (unpaired) electrons. The van der Waals surface area contributed by atoms with Gasteiger partial charge in [-0.25, -0.2) is 4.98 Å². The van der Waals surface area contributed by atoms with Gasteiger partial charge in [-0.2, -0.15) is 5.26 Å². The van der Waals surface area contributed by atoms with Crippen molar-refractivity contribution in [2.24, 2.45) is 0 Å². The van der Waals surface area contributed by atoms with E-state index in [1.54, 1.807) is 11.3 Å². The molecule has 0 bridgehead atoms. The summed E-state index contributed by atoms with van der Waals surface area (Å²) in [5.41, 5.74) is 5.24. The van der Waals surface area contributed by atoms with Gasteiger partial charge in [0.1, 0.15) is 11.1 Å². The Kier molecular flexibility index (Phi) is 3.87. The number of thiophene rings is 1. The molecule has 1 fully saturated rings. The first kappa shape index (κ1) is 15.4. The van der Waals surface area contributed by atoms with Crippen LogP contribution in [0.3, 0.4) is 0 Å². The standard InChI is InChI=1S/C19H17N3S2/c1-12-8-14(13(2)22(12)16-5-6-16)9-15(10-20)19-21-17(11-24-19)18-4-3-7-23-18/h3-4,7-9,11,16H,5-6H2,1-2H3. The Morgan fingerprint density at radius 1 is 1.38 bits per heavy atom. The van der Waals surface area contributed by atoms with Crippen LogP contribution in [0.1, 0.15) is 40.8 Å². The van der Waals surface area contributed by atoms with Gasteiger partial charge in [-0.1, -0.05) is 6.07 Å². The van der Waals surface area contributed by atoms with Crippen molar-refractivity contribution in [1.82, 2.24) is 9.55 Å². The molecule has 0 unspecified atom stereocenters. The molecule has 24 heavy (non-hydrogen) atoms. The smallest absolute Gasteiger partial charge is 0.134 e. The maximum atomic E-state index is 9.61. The Balaban J connectivity index is 1.70. The van der Waals surface area contributed by atoms with Crippen molar-refractivity contribution in [2.75, 3.05) is 0 Å². The van der Waals surface area contributed by atoms with Crippen molar-refractivity contribution in [3.05, 3.63) is 50.9 Å². The average Bonchev–Trinajstić information content (AvgIpc) is 3.01. The number of hydrogen-bond donors (Lipinski definition) is 0. The fourth-order valence-electron chi connectivity index (χ4n) is 3.08. The number of thiazole rings is 1. The third-order valence-corrected chi connectivity index (χ3v) is 6.13. The lowest BCUT2D eigenvalue weighted by atomic mass is 10.1. The zero-order valence-corrected chi connectivity index (χ0v) is 15.2. The highest BCUT2D eigenvalue weighted by Crippen LogP contribution is 2.39. The minimum atomic E-state index is 0.638. The molecule has 120 valence electrons. The molecule has 3 heterocycles.